The second-order valence-corrected chi connectivity index (χ2v) is 11.2. The summed E-state index contributed by atoms with van der Waals surface area (Å²) in [6.07, 6.45) is 0.947. The lowest BCUT2D eigenvalue weighted by Gasteiger charge is -2.35. The zero-order valence-corrected chi connectivity index (χ0v) is 20.8. The third-order valence-electron chi connectivity index (χ3n) is 7.83. The number of nitrogens with zero attached hydrogens (tertiary/aromatic N) is 3. The van der Waals surface area contributed by atoms with Gasteiger partial charge in [0.05, 0.1) is 18.5 Å². The fourth-order valence-corrected chi connectivity index (χ4v) is 6.32. The number of thiophene rings is 1. The van der Waals surface area contributed by atoms with Crippen molar-refractivity contribution >= 4 is 34.2 Å². The van der Waals surface area contributed by atoms with Gasteiger partial charge in [0.2, 0.25) is 5.91 Å². The molecule has 36 heavy (non-hydrogen) atoms. The van der Waals surface area contributed by atoms with Crippen molar-refractivity contribution in [3.05, 3.63) is 51.5 Å². The number of rotatable bonds is 5. The molecule has 3 aromatic rings. The van der Waals surface area contributed by atoms with E-state index in [2.05, 4.69) is 4.98 Å². The highest BCUT2D eigenvalue weighted by Gasteiger charge is 2.38. The van der Waals surface area contributed by atoms with Gasteiger partial charge in [0.15, 0.2) is 0 Å². The average Bonchev–Trinajstić information content (AvgIpc) is 3.44. The molecule has 0 spiro atoms. The molecule has 1 N–H and O–H groups in total. The molecule has 2 aliphatic rings. The van der Waals surface area contributed by atoms with Gasteiger partial charge in [-0.3, -0.25) is 9.59 Å². The minimum atomic E-state index is -4.37. The lowest BCUT2D eigenvalue weighted by atomic mass is 9.71. The van der Waals surface area contributed by atoms with E-state index < -0.39 is 22.4 Å². The Labute approximate surface area is 210 Å². The summed E-state index contributed by atoms with van der Waals surface area (Å²) < 4.78 is 41.4. The van der Waals surface area contributed by atoms with Crippen LogP contribution in [0.3, 0.4) is 0 Å². The van der Waals surface area contributed by atoms with Gasteiger partial charge in [-0.1, -0.05) is 0 Å². The Kier molecular flexibility index (Phi) is 6.34. The molecule has 5 rings (SSSR count). The predicted molar refractivity (Wildman–Crippen MR) is 130 cm³/mol. The van der Waals surface area contributed by atoms with Crippen LogP contribution in [0.15, 0.2) is 29.8 Å². The number of carbonyl (C=O) groups is 2. The first-order valence-electron chi connectivity index (χ1n) is 12.2. The van der Waals surface area contributed by atoms with E-state index in [4.69, 9.17) is 0 Å². The summed E-state index contributed by atoms with van der Waals surface area (Å²) in [4.78, 5) is 30.5. The summed E-state index contributed by atoms with van der Waals surface area (Å²) in [6, 6.07) is 5.02. The van der Waals surface area contributed by atoms with Gasteiger partial charge in [0, 0.05) is 30.2 Å². The molecule has 1 saturated carbocycles. The number of aliphatic carboxylic acids is 1. The molecule has 0 radical (unpaired) electrons. The molecule has 6 nitrogen and oxygen atoms in total. The maximum absolute atomic E-state index is 13.2. The Morgan fingerprint density at radius 2 is 2.03 bits per heavy atom. The summed E-state index contributed by atoms with van der Waals surface area (Å²) in [5.74, 6) is -0.556. The largest absolute Gasteiger partial charge is 0.481 e. The summed E-state index contributed by atoms with van der Waals surface area (Å²) in [6.45, 7) is 3.00. The summed E-state index contributed by atoms with van der Waals surface area (Å²) in [5.41, 5.74) is 2.59. The molecule has 0 aromatic carbocycles. The molecule has 1 fully saturated rings. The second-order valence-electron chi connectivity index (χ2n) is 10.3. The van der Waals surface area contributed by atoms with Crippen molar-refractivity contribution in [1.82, 2.24) is 14.5 Å². The van der Waals surface area contributed by atoms with Crippen LogP contribution in [-0.2, 0) is 35.3 Å². The Morgan fingerprint density at radius 3 is 2.69 bits per heavy atom. The van der Waals surface area contributed by atoms with Gasteiger partial charge in [-0.2, -0.15) is 13.2 Å². The van der Waals surface area contributed by atoms with Crippen LogP contribution in [0, 0.1) is 11.3 Å². The van der Waals surface area contributed by atoms with Crippen molar-refractivity contribution in [2.24, 2.45) is 11.3 Å². The van der Waals surface area contributed by atoms with E-state index in [0.717, 1.165) is 35.1 Å². The zero-order chi connectivity index (χ0) is 25.7. The fourth-order valence-electron chi connectivity index (χ4n) is 5.54. The van der Waals surface area contributed by atoms with Crippen LogP contribution in [0.1, 0.15) is 60.7 Å². The standard InChI is InChI=1S/C26H28F3N3O3S/c1-25(24(34)35)7-4-16(5-8-25)12-22(33)31-10-6-18-19-3-2-9-30-23(19)32(20(18)14-31)13-17-11-21(36-15-17)26(27,28)29/h2-3,9,11,15-16H,4-8,10,12-14H2,1H3,(H,34,35). The van der Waals surface area contributed by atoms with Crippen molar-refractivity contribution < 1.29 is 27.9 Å². The Hall–Kier alpha value is -2.88. The molecule has 3 aromatic heterocycles. The summed E-state index contributed by atoms with van der Waals surface area (Å²) in [7, 11) is 0. The van der Waals surface area contributed by atoms with Crippen LogP contribution in [0.25, 0.3) is 11.0 Å². The van der Waals surface area contributed by atoms with E-state index in [1.165, 1.54) is 11.4 Å². The van der Waals surface area contributed by atoms with E-state index in [1.807, 2.05) is 21.6 Å². The van der Waals surface area contributed by atoms with Crippen molar-refractivity contribution in [3.63, 3.8) is 0 Å². The van der Waals surface area contributed by atoms with Gasteiger partial charge < -0.3 is 14.6 Å². The normalized spacial score (nSPS) is 22.6. The molecule has 0 atom stereocenters. The van der Waals surface area contributed by atoms with Gasteiger partial charge in [-0.25, -0.2) is 4.98 Å². The molecule has 0 saturated heterocycles. The number of alkyl halides is 3. The first-order chi connectivity index (χ1) is 17.0. The van der Waals surface area contributed by atoms with Crippen molar-refractivity contribution in [2.45, 2.75) is 64.7 Å². The SMILES string of the molecule is CC1(C(=O)O)CCC(CC(=O)N2CCc3c(n(Cc4csc(C(F)(F)F)c4)c4ncccc34)C2)CC1. The fraction of sp³-hybridized carbons (Fsp3) is 0.500. The summed E-state index contributed by atoms with van der Waals surface area (Å²) in [5, 5.41) is 12.0. The molecule has 4 heterocycles. The van der Waals surface area contributed by atoms with Crippen LogP contribution in [0.5, 0.6) is 0 Å². The van der Waals surface area contributed by atoms with E-state index in [1.54, 1.807) is 13.1 Å². The van der Waals surface area contributed by atoms with Crippen LogP contribution >= 0.6 is 11.3 Å². The molecule has 0 unspecified atom stereocenters. The lowest BCUT2D eigenvalue weighted by molar-refractivity contribution is -0.150. The number of hydrogen-bond donors (Lipinski definition) is 1. The quantitative estimate of drug-likeness (QED) is 0.468. The molecular weight excluding hydrogens is 491 g/mol. The molecule has 1 aliphatic carbocycles. The number of pyridine rings is 1. The monoisotopic (exact) mass is 519 g/mol. The maximum atomic E-state index is 13.2. The third-order valence-corrected chi connectivity index (χ3v) is 8.85. The first kappa shape index (κ1) is 24.8. The molecule has 192 valence electrons. The van der Waals surface area contributed by atoms with Crippen LogP contribution < -0.4 is 0 Å². The number of aromatic nitrogens is 2. The number of halogens is 3. The average molecular weight is 520 g/mol. The third kappa shape index (κ3) is 4.63. The number of carboxylic acid groups (broad SMARTS) is 1. The van der Waals surface area contributed by atoms with E-state index in [9.17, 15) is 27.9 Å². The predicted octanol–water partition coefficient (Wildman–Crippen LogP) is 5.72. The van der Waals surface area contributed by atoms with Gasteiger partial charge in [0.25, 0.3) is 0 Å². The van der Waals surface area contributed by atoms with Crippen molar-refractivity contribution in [2.75, 3.05) is 6.54 Å². The minimum Gasteiger partial charge on any atom is -0.481 e. The van der Waals surface area contributed by atoms with E-state index in [0.29, 0.717) is 55.7 Å². The van der Waals surface area contributed by atoms with Crippen molar-refractivity contribution in [1.29, 1.82) is 0 Å². The number of hydrogen-bond acceptors (Lipinski definition) is 4. The topological polar surface area (TPSA) is 75.4 Å². The van der Waals surface area contributed by atoms with Gasteiger partial charge in [-0.05, 0) is 79.7 Å². The highest BCUT2D eigenvalue weighted by atomic mass is 32.1. The van der Waals surface area contributed by atoms with Crippen LogP contribution in [-0.4, -0.2) is 38.0 Å². The number of carbonyl (C=O) groups excluding carboxylic acids is 1. The highest BCUT2D eigenvalue weighted by Crippen LogP contribution is 2.41. The van der Waals surface area contributed by atoms with E-state index >= 15 is 0 Å². The minimum absolute atomic E-state index is 0.0456. The molecule has 1 amide bonds. The molecule has 1 aliphatic heterocycles. The van der Waals surface area contributed by atoms with Crippen LogP contribution in [0.2, 0.25) is 0 Å². The molecular formula is C26H28F3N3O3S. The van der Waals surface area contributed by atoms with Gasteiger partial charge in [0.1, 0.15) is 10.5 Å². The highest BCUT2D eigenvalue weighted by molar-refractivity contribution is 7.10. The van der Waals surface area contributed by atoms with E-state index in [-0.39, 0.29) is 18.4 Å². The van der Waals surface area contributed by atoms with Crippen molar-refractivity contribution in [3.8, 4) is 0 Å². The molecule has 0 bridgehead atoms. The summed E-state index contributed by atoms with van der Waals surface area (Å²) >= 11 is 0.688. The number of fused-ring (bicyclic) bond motifs is 3. The Balaban J connectivity index is 1.35. The number of carboxylic acids is 1. The van der Waals surface area contributed by atoms with Gasteiger partial charge in [-0.15, -0.1) is 11.3 Å². The maximum Gasteiger partial charge on any atom is 0.425 e. The second kappa shape index (κ2) is 9.21. The lowest BCUT2D eigenvalue weighted by Crippen LogP contribution is -2.39. The van der Waals surface area contributed by atoms with Gasteiger partial charge >= 0.3 is 12.1 Å². The Bertz CT molecular complexity index is 1300. The molecule has 10 heteroatoms. The zero-order valence-electron chi connectivity index (χ0n) is 20.0. The Morgan fingerprint density at radius 1 is 1.28 bits per heavy atom. The first-order valence-corrected chi connectivity index (χ1v) is 13.0. The number of amides is 1. The van der Waals surface area contributed by atoms with Crippen LogP contribution in [0.4, 0.5) is 13.2 Å². The smallest absolute Gasteiger partial charge is 0.425 e.